The Morgan fingerprint density at radius 3 is 2.39 bits per heavy atom. The van der Waals surface area contributed by atoms with E-state index in [1.165, 1.54) is 0 Å². The largest absolute Gasteiger partial charge is 0.322 e. The zero-order valence-electron chi connectivity index (χ0n) is 16.3. The van der Waals surface area contributed by atoms with Crippen LogP contribution < -0.4 is 5.32 Å². The number of anilines is 1. The first-order valence-electron chi connectivity index (χ1n) is 9.37. The number of carbonyl (C=O) groups is 1. The number of carbonyl (C=O) groups excluding carboxylic acids is 1. The molecule has 0 saturated heterocycles. The molecule has 28 heavy (non-hydrogen) atoms. The fraction of sp³-hybridized carbons (Fsp3) is 0.120. The highest BCUT2D eigenvalue weighted by Gasteiger charge is 2.15. The first-order chi connectivity index (χ1) is 13.5. The Kier molecular flexibility index (Phi) is 4.66. The van der Waals surface area contributed by atoms with E-state index in [2.05, 4.69) is 18.3 Å². The number of fused-ring (bicyclic) bond motifs is 1. The summed E-state index contributed by atoms with van der Waals surface area (Å²) in [6, 6.07) is 23.8. The van der Waals surface area contributed by atoms with Gasteiger partial charge in [0.2, 0.25) is 0 Å². The van der Waals surface area contributed by atoms with Crippen molar-refractivity contribution in [3.8, 4) is 11.3 Å². The van der Waals surface area contributed by atoms with Crippen LogP contribution in [0.1, 0.15) is 27.0 Å². The molecule has 0 saturated carbocycles. The van der Waals surface area contributed by atoms with Crippen LogP contribution in [0.5, 0.6) is 0 Å². The number of pyridine rings is 1. The second-order valence-corrected chi connectivity index (χ2v) is 7.16. The number of aromatic nitrogens is 1. The second-order valence-electron chi connectivity index (χ2n) is 7.16. The maximum absolute atomic E-state index is 13.2. The monoisotopic (exact) mass is 366 g/mol. The second kappa shape index (κ2) is 7.28. The molecule has 138 valence electrons. The molecule has 0 radical (unpaired) electrons. The van der Waals surface area contributed by atoms with Crippen molar-refractivity contribution in [2.75, 3.05) is 5.32 Å². The number of para-hydroxylation sites is 1. The number of nitrogens with zero attached hydrogens (tertiary/aromatic N) is 1. The Bertz CT molecular complexity index is 1190. The number of benzene rings is 3. The molecule has 0 aliphatic heterocycles. The molecule has 1 aromatic heterocycles. The topological polar surface area (TPSA) is 42.0 Å². The molecule has 3 heteroatoms. The predicted molar refractivity (Wildman–Crippen MR) is 116 cm³/mol. The molecule has 1 heterocycles. The number of hydrogen-bond donors (Lipinski definition) is 1. The molecule has 0 fully saturated rings. The van der Waals surface area contributed by atoms with Crippen molar-refractivity contribution in [2.45, 2.75) is 20.8 Å². The van der Waals surface area contributed by atoms with Gasteiger partial charge in [-0.05, 0) is 55.7 Å². The zero-order chi connectivity index (χ0) is 19.7. The molecule has 0 aliphatic rings. The van der Waals surface area contributed by atoms with Crippen molar-refractivity contribution in [1.82, 2.24) is 4.98 Å². The minimum atomic E-state index is -0.123. The highest BCUT2D eigenvalue weighted by atomic mass is 16.1. The van der Waals surface area contributed by atoms with E-state index in [0.717, 1.165) is 44.5 Å². The quantitative estimate of drug-likeness (QED) is 0.477. The number of hydrogen-bond acceptors (Lipinski definition) is 2. The van der Waals surface area contributed by atoms with Crippen LogP contribution in [0.25, 0.3) is 22.2 Å². The molecule has 4 aromatic rings. The summed E-state index contributed by atoms with van der Waals surface area (Å²) in [5.41, 5.74) is 7.41. The van der Waals surface area contributed by atoms with Gasteiger partial charge in [0.05, 0.1) is 16.8 Å². The van der Waals surface area contributed by atoms with Crippen LogP contribution in [0.15, 0.2) is 72.8 Å². The third-order valence-corrected chi connectivity index (χ3v) is 5.02. The molecule has 1 N–H and O–H groups in total. The summed E-state index contributed by atoms with van der Waals surface area (Å²) in [4.78, 5) is 18.0. The van der Waals surface area contributed by atoms with Gasteiger partial charge < -0.3 is 5.32 Å². The lowest BCUT2D eigenvalue weighted by Crippen LogP contribution is -2.14. The summed E-state index contributed by atoms with van der Waals surface area (Å²) >= 11 is 0. The van der Waals surface area contributed by atoms with Gasteiger partial charge in [-0.2, -0.15) is 0 Å². The molecule has 0 unspecified atom stereocenters. The third kappa shape index (κ3) is 3.39. The summed E-state index contributed by atoms with van der Waals surface area (Å²) in [6.45, 7) is 6.08. The normalized spacial score (nSPS) is 10.8. The molecule has 3 aromatic carbocycles. The molecular weight excluding hydrogens is 344 g/mol. The number of nitrogens with one attached hydrogen (secondary N) is 1. The van der Waals surface area contributed by atoms with Crippen LogP contribution in [0.4, 0.5) is 5.69 Å². The molecular formula is C25H22N2O. The standard InChI is InChI=1S/C25H22N2O/c1-16-12-13-18(3)23(14-16)27-25(28)21-15-24(19-9-5-4-8-17(19)2)26-22-11-7-6-10-20(21)22/h4-15H,1-3H3,(H,27,28). The molecule has 0 aliphatic carbocycles. The van der Waals surface area contributed by atoms with E-state index >= 15 is 0 Å². The van der Waals surface area contributed by atoms with Crippen molar-refractivity contribution < 1.29 is 4.79 Å². The summed E-state index contributed by atoms with van der Waals surface area (Å²) in [6.07, 6.45) is 0. The van der Waals surface area contributed by atoms with Gasteiger partial charge in [-0.15, -0.1) is 0 Å². The van der Waals surface area contributed by atoms with Gasteiger partial charge in [0, 0.05) is 16.6 Å². The van der Waals surface area contributed by atoms with E-state index in [1.807, 2.05) is 80.6 Å². The van der Waals surface area contributed by atoms with Crippen molar-refractivity contribution in [1.29, 1.82) is 0 Å². The van der Waals surface area contributed by atoms with E-state index in [4.69, 9.17) is 4.98 Å². The zero-order valence-corrected chi connectivity index (χ0v) is 16.3. The van der Waals surface area contributed by atoms with Gasteiger partial charge in [0.15, 0.2) is 0 Å². The lowest BCUT2D eigenvalue weighted by Gasteiger charge is -2.13. The molecule has 1 amide bonds. The number of aryl methyl sites for hydroxylation is 3. The lowest BCUT2D eigenvalue weighted by atomic mass is 10.0. The summed E-state index contributed by atoms with van der Waals surface area (Å²) in [7, 11) is 0. The number of rotatable bonds is 3. The van der Waals surface area contributed by atoms with E-state index in [9.17, 15) is 4.79 Å². The van der Waals surface area contributed by atoms with Crippen LogP contribution in [0.2, 0.25) is 0 Å². The van der Waals surface area contributed by atoms with Gasteiger partial charge in [0.1, 0.15) is 0 Å². The summed E-state index contributed by atoms with van der Waals surface area (Å²) < 4.78 is 0. The Morgan fingerprint density at radius 1 is 0.821 bits per heavy atom. The molecule has 0 spiro atoms. The Hall–Kier alpha value is -3.46. The maximum atomic E-state index is 13.2. The highest BCUT2D eigenvalue weighted by Crippen LogP contribution is 2.28. The molecule has 0 bridgehead atoms. The van der Waals surface area contributed by atoms with Crippen LogP contribution in [-0.2, 0) is 0 Å². The Morgan fingerprint density at radius 2 is 1.57 bits per heavy atom. The average molecular weight is 366 g/mol. The highest BCUT2D eigenvalue weighted by molar-refractivity contribution is 6.13. The van der Waals surface area contributed by atoms with Gasteiger partial charge in [0.25, 0.3) is 5.91 Å². The van der Waals surface area contributed by atoms with E-state index in [1.54, 1.807) is 0 Å². The van der Waals surface area contributed by atoms with Crippen molar-refractivity contribution in [3.05, 3.63) is 95.1 Å². The smallest absolute Gasteiger partial charge is 0.256 e. The predicted octanol–water partition coefficient (Wildman–Crippen LogP) is 6.08. The lowest BCUT2D eigenvalue weighted by molar-refractivity contribution is 0.102. The third-order valence-electron chi connectivity index (χ3n) is 5.02. The van der Waals surface area contributed by atoms with E-state index in [-0.39, 0.29) is 5.91 Å². The average Bonchev–Trinajstić information content (AvgIpc) is 2.70. The first kappa shape index (κ1) is 17.9. The molecule has 4 rings (SSSR count). The van der Waals surface area contributed by atoms with Crippen molar-refractivity contribution in [3.63, 3.8) is 0 Å². The summed E-state index contributed by atoms with van der Waals surface area (Å²) in [5.74, 6) is -0.123. The van der Waals surface area contributed by atoms with Crippen molar-refractivity contribution >= 4 is 22.5 Å². The van der Waals surface area contributed by atoms with Crippen LogP contribution >= 0.6 is 0 Å². The maximum Gasteiger partial charge on any atom is 0.256 e. The number of amides is 1. The fourth-order valence-electron chi connectivity index (χ4n) is 3.42. The first-order valence-corrected chi connectivity index (χ1v) is 9.37. The minimum absolute atomic E-state index is 0.123. The van der Waals surface area contributed by atoms with Crippen LogP contribution in [-0.4, -0.2) is 10.9 Å². The molecule has 3 nitrogen and oxygen atoms in total. The van der Waals surface area contributed by atoms with Gasteiger partial charge in [-0.25, -0.2) is 4.98 Å². The van der Waals surface area contributed by atoms with Crippen molar-refractivity contribution in [2.24, 2.45) is 0 Å². The van der Waals surface area contributed by atoms with Gasteiger partial charge in [-0.3, -0.25) is 4.79 Å². The van der Waals surface area contributed by atoms with Gasteiger partial charge in [-0.1, -0.05) is 54.6 Å². The van der Waals surface area contributed by atoms with E-state index < -0.39 is 0 Å². The van der Waals surface area contributed by atoms with E-state index in [0.29, 0.717) is 5.56 Å². The SMILES string of the molecule is Cc1ccc(C)c(NC(=O)c2cc(-c3ccccc3C)nc3ccccc23)c1. The minimum Gasteiger partial charge on any atom is -0.322 e. The summed E-state index contributed by atoms with van der Waals surface area (Å²) in [5, 5.41) is 3.94. The Labute approximate surface area is 165 Å². The Balaban J connectivity index is 1.84. The fourth-order valence-corrected chi connectivity index (χ4v) is 3.42. The molecule has 0 atom stereocenters. The van der Waals surface area contributed by atoms with Crippen LogP contribution in [0.3, 0.4) is 0 Å². The van der Waals surface area contributed by atoms with Crippen LogP contribution in [0, 0.1) is 20.8 Å². The van der Waals surface area contributed by atoms with Gasteiger partial charge >= 0.3 is 0 Å².